The van der Waals surface area contributed by atoms with E-state index in [1.54, 1.807) is 12.1 Å². The van der Waals surface area contributed by atoms with Crippen LogP contribution in [0.1, 0.15) is 29.2 Å². The van der Waals surface area contributed by atoms with Crippen LogP contribution in [-0.2, 0) is 6.54 Å². The fraction of sp³-hybridized carbons (Fsp3) is 0.333. The quantitative estimate of drug-likeness (QED) is 0.653. The second-order valence-corrected chi connectivity index (χ2v) is 5.62. The zero-order valence-electron chi connectivity index (χ0n) is 10.8. The molecule has 2 heterocycles. The summed E-state index contributed by atoms with van der Waals surface area (Å²) in [4.78, 5) is 21.9. The third-order valence-electron chi connectivity index (χ3n) is 2.99. The van der Waals surface area contributed by atoms with Crippen LogP contribution >= 0.6 is 15.9 Å². The van der Waals surface area contributed by atoms with Crippen molar-refractivity contribution in [3.8, 4) is 0 Å². The van der Waals surface area contributed by atoms with Crippen molar-refractivity contribution in [3.05, 3.63) is 44.4 Å². The molecule has 0 aromatic carbocycles. The molecule has 1 amide bonds. The van der Waals surface area contributed by atoms with Crippen molar-refractivity contribution < 1.29 is 14.1 Å². The molecule has 0 radical (unpaired) electrons. The van der Waals surface area contributed by atoms with Gasteiger partial charge >= 0.3 is 5.82 Å². The average Bonchev–Trinajstić information content (AvgIpc) is 2.97. The average molecular weight is 355 g/mol. The van der Waals surface area contributed by atoms with Crippen molar-refractivity contribution in [3.63, 3.8) is 0 Å². The lowest BCUT2D eigenvalue weighted by atomic mass is 10.4. The third-order valence-corrected chi connectivity index (χ3v) is 3.55. The predicted molar refractivity (Wildman–Crippen MR) is 74.9 cm³/mol. The topological polar surface area (TPSA) is 103 Å². The van der Waals surface area contributed by atoms with Gasteiger partial charge in [0.15, 0.2) is 5.76 Å². The Morgan fingerprint density at radius 3 is 2.95 bits per heavy atom. The maximum Gasteiger partial charge on any atom is 0.404 e. The molecular weight excluding hydrogens is 344 g/mol. The summed E-state index contributed by atoms with van der Waals surface area (Å²) in [5.74, 6) is 0.239. The van der Waals surface area contributed by atoms with E-state index < -0.39 is 4.92 Å². The summed E-state index contributed by atoms with van der Waals surface area (Å²) in [6.45, 7) is 0.211. The Kier molecular flexibility index (Phi) is 3.50. The Morgan fingerprint density at radius 2 is 2.33 bits per heavy atom. The van der Waals surface area contributed by atoms with Crippen LogP contribution in [0, 0.1) is 10.1 Å². The van der Waals surface area contributed by atoms with Crippen molar-refractivity contribution in [2.75, 3.05) is 0 Å². The van der Waals surface area contributed by atoms with E-state index in [4.69, 9.17) is 4.42 Å². The van der Waals surface area contributed by atoms with Crippen molar-refractivity contribution in [1.29, 1.82) is 0 Å². The maximum absolute atomic E-state index is 11.8. The molecular formula is C12H11BrN4O4. The van der Waals surface area contributed by atoms with Crippen LogP contribution in [0.5, 0.6) is 0 Å². The maximum atomic E-state index is 11.8. The first-order valence-corrected chi connectivity index (χ1v) is 7.09. The van der Waals surface area contributed by atoms with Crippen LogP contribution in [0.2, 0.25) is 0 Å². The van der Waals surface area contributed by atoms with E-state index in [9.17, 15) is 14.9 Å². The highest BCUT2D eigenvalue weighted by Gasteiger charge is 2.25. The highest BCUT2D eigenvalue weighted by Crippen LogP contribution is 2.23. The zero-order chi connectivity index (χ0) is 15.0. The van der Waals surface area contributed by atoms with Gasteiger partial charge in [-0.05, 0) is 45.8 Å². The van der Waals surface area contributed by atoms with Crippen LogP contribution < -0.4 is 5.32 Å². The highest BCUT2D eigenvalue weighted by atomic mass is 79.9. The lowest BCUT2D eigenvalue weighted by Gasteiger charge is -1.98. The molecule has 0 spiro atoms. The van der Waals surface area contributed by atoms with Crippen molar-refractivity contribution in [1.82, 2.24) is 15.1 Å². The van der Waals surface area contributed by atoms with E-state index in [-0.39, 0.29) is 30.1 Å². The fourth-order valence-corrected chi connectivity index (χ4v) is 2.28. The van der Waals surface area contributed by atoms with Crippen LogP contribution in [0.4, 0.5) is 5.82 Å². The Balaban J connectivity index is 1.70. The van der Waals surface area contributed by atoms with Crippen LogP contribution in [0.25, 0.3) is 0 Å². The molecule has 1 saturated carbocycles. The summed E-state index contributed by atoms with van der Waals surface area (Å²) >= 11 is 3.07. The molecule has 1 N–H and O–H groups in total. The van der Waals surface area contributed by atoms with Crippen LogP contribution in [-0.4, -0.2) is 26.7 Å². The Labute approximate surface area is 127 Å². The zero-order valence-corrected chi connectivity index (χ0v) is 12.4. The number of halogens is 1. The molecule has 110 valence electrons. The van der Waals surface area contributed by atoms with E-state index >= 15 is 0 Å². The molecule has 9 heteroatoms. The Bertz CT molecular complexity index is 704. The third kappa shape index (κ3) is 3.13. The van der Waals surface area contributed by atoms with Crippen molar-refractivity contribution in [2.45, 2.75) is 25.4 Å². The molecule has 2 aromatic heterocycles. The molecule has 0 unspecified atom stereocenters. The summed E-state index contributed by atoms with van der Waals surface area (Å²) in [6, 6.07) is 3.50. The number of carbonyl (C=O) groups excluding carboxylic acids is 1. The smallest absolute Gasteiger partial charge is 0.404 e. The van der Waals surface area contributed by atoms with Crippen LogP contribution in [0.3, 0.4) is 0 Å². The second-order valence-electron chi connectivity index (χ2n) is 4.77. The minimum atomic E-state index is -0.572. The van der Waals surface area contributed by atoms with Gasteiger partial charge in [0, 0.05) is 6.04 Å². The van der Waals surface area contributed by atoms with Gasteiger partial charge in [-0.1, -0.05) is 0 Å². The molecule has 0 saturated heterocycles. The number of carbonyl (C=O) groups is 1. The molecule has 1 aliphatic carbocycles. The van der Waals surface area contributed by atoms with Gasteiger partial charge in [0.05, 0.1) is 11.3 Å². The normalized spacial score (nSPS) is 14.1. The lowest BCUT2D eigenvalue weighted by Crippen LogP contribution is -2.24. The van der Waals surface area contributed by atoms with Gasteiger partial charge in [-0.3, -0.25) is 4.79 Å². The number of amides is 1. The lowest BCUT2D eigenvalue weighted by molar-refractivity contribution is -0.390. The van der Waals surface area contributed by atoms with Gasteiger partial charge in [0.1, 0.15) is 16.8 Å². The molecule has 1 fully saturated rings. The van der Waals surface area contributed by atoms with E-state index in [0.717, 1.165) is 12.8 Å². The minimum Gasteiger partial charge on any atom is -0.454 e. The first kappa shape index (κ1) is 13.8. The molecule has 0 atom stereocenters. The number of hydrogen-bond acceptors (Lipinski definition) is 5. The number of rotatable bonds is 5. The van der Waals surface area contributed by atoms with Gasteiger partial charge < -0.3 is 19.8 Å². The summed E-state index contributed by atoms with van der Waals surface area (Å²) in [5, 5.41) is 17.4. The second kappa shape index (κ2) is 5.32. The monoisotopic (exact) mass is 354 g/mol. The SMILES string of the molecule is O=C(NC1CC1)c1ccc(Cn2cc(Br)c([N+](=O)[O-])n2)o1. The van der Waals surface area contributed by atoms with E-state index in [2.05, 4.69) is 26.3 Å². The van der Waals surface area contributed by atoms with Gasteiger partial charge in [0.2, 0.25) is 0 Å². The van der Waals surface area contributed by atoms with E-state index in [0.29, 0.717) is 10.2 Å². The largest absolute Gasteiger partial charge is 0.454 e. The van der Waals surface area contributed by atoms with Crippen LogP contribution in [0.15, 0.2) is 27.2 Å². The number of hydrogen-bond donors (Lipinski definition) is 1. The molecule has 21 heavy (non-hydrogen) atoms. The summed E-state index contributed by atoms with van der Waals surface area (Å²) in [7, 11) is 0. The Morgan fingerprint density at radius 1 is 1.57 bits per heavy atom. The summed E-state index contributed by atoms with van der Waals surface area (Å²) < 4.78 is 7.11. The molecule has 3 rings (SSSR count). The van der Waals surface area contributed by atoms with Crippen molar-refractivity contribution >= 4 is 27.7 Å². The van der Waals surface area contributed by atoms with Gasteiger partial charge in [-0.2, -0.15) is 4.68 Å². The number of nitrogens with zero attached hydrogens (tertiary/aromatic N) is 3. The number of nitro groups is 1. The fourth-order valence-electron chi connectivity index (χ4n) is 1.82. The number of aromatic nitrogens is 2. The summed E-state index contributed by atoms with van der Waals surface area (Å²) in [5.41, 5.74) is 0. The van der Waals surface area contributed by atoms with Gasteiger partial charge in [-0.15, -0.1) is 0 Å². The first-order valence-electron chi connectivity index (χ1n) is 6.30. The summed E-state index contributed by atoms with van der Waals surface area (Å²) in [6.07, 6.45) is 3.50. The molecule has 8 nitrogen and oxygen atoms in total. The van der Waals surface area contributed by atoms with E-state index in [1.165, 1.54) is 10.9 Å². The van der Waals surface area contributed by atoms with Gasteiger partial charge in [0.25, 0.3) is 5.91 Å². The molecule has 2 aromatic rings. The van der Waals surface area contributed by atoms with E-state index in [1.807, 2.05) is 0 Å². The minimum absolute atomic E-state index is 0.211. The number of furan rings is 1. The predicted octanol–water partition coefficient (Wildman–Crippen LogP) is 2.09. The van der Waals surface area contributed by atoms with Gasteiger partial charge in [-0.25, -0.2) is 0 Å². The van der Waals surface area contributed by atoms with Crippen molar-refractivity contribution in [2.24, 2.45) is 0 Å². The number of nitrogens with one attached hydrogen (secondary N) is 1. The molecule has 0 bridgehead atoms. The first-order chi connectivity index (χ1) is 10.0. The highest BCUT2D eigenvalue weighted by molar-refractivity contribution is 9.10. The molecule has 1 aliphatic rings. The molecule has 0 aliphatic heterocycles. The standard InChI is InChI=1S/C12H11BrN4O4/c13-9-6-16(15-11(9)17(19)20)5-8-3-4-10(21-8)12(18)14-7-1-2-7/h3-4,6-7H,1-2,5H2,(H,14,18). The Hall–Kier alpha value is -2.16.